The molecule has 0 saturated heterocycles. The van der Waals surface area contributed by atoms with E-state index in [4.69, 9.17) is 14.2 Å². The molecule has 1 aliphatic carbocycles. The van der Waals surface area contributed by atoms with E-state index in [9.17, 15) is 20.1 Å². The minimum Gasteiger partial charge on any atom is -0.493 e. The molecule has 3 aromatic carbocycles. The molecule has 1 fully saturated rings. The number of benzene rings is 3. The first-order valence-corrected chi connectivity index (χ1v) is 19.7. The fourth-order valence-electron chi connectivity index (χ4n) is 6.90. The first kappa shape index (κ1) is 40.6. The summed E-state index contributed by atoms with van der Waals surface area (Å²) in [6.07, 6.45) is 11.0. The summed E-state index contributed by atoms with van der Waals surface area (Å²) in [5.74, 6) is 0.966. The Morgan fingerprint density at radius 3 is 2.04 bits per heavy atom. The van der Waals surface area contributed by atoms with Gasteiger partial charge in [0.1, 0.15) is 11.4 Å². The van der Waals surface area contributed by atoms with Gasteiger partial charge in [0.15, 0.2) is 0 Å². The van der Waals surface area contributed by atoms with E-state index in [1.165, 1.54) is 47.9 Å². The summed E-state index contributed by atoms with van der Waals surface area (Å²) in [4.78, 5) is 12.0. The zero-order chi connectivity index (χ0) is 36.8. The molecule has 0 radical (unpaired) electrons. The largest absolute Gasteiger partial charge is 0.493 e. The average molecular weight is 719 g/mol. The molecule has 0 aliphatic heterocycles. The minimum atomic E-state index is -1.63. The highest BCUT2D eigenvalue weighted by atomic mass is 32.2. The molecule has 0 amide bonds. The summed E-state index contributed by atoms with van der Waals surface area (Å²) in [7, 11) is 1.69. The maximum atomic E-state index is 12.0. The van der Waals surface area contributed by atoms with Crippen molar-refractivity contribution in [2.45, 2.75) is 94.8 Å². The maximum absolute atomic E-state index is 12.0. The maximum Gasteiger partial charge on any atom is 0.333 e. The summed E-state index contributed by atoms with van der Waals surface area (Å²) in [6, 6.07) is 20.3. The molecule has 7 nitrogen and oxygen atoms in total. The van der Waals surface area contributed by atoms with Crippen LogP contribution in [0.15, 0.2) is 66.7 Å². The Labute approximate surface area is 309 Å². The molecular formula is C43H58O7S. The van der Waals surface area contributed by atoms with Crippen LogP contribution in [-0.2, 0) is 33.5 Å². The van der Waals surface area contributed by atoms with E-state index in [0.29, 0.717) is 37.4 Å². The predicted octanol–water partition coefficient (Wildman–Crippen LogP) is 8.09. The molecule has 278 valence electrons. The molecule has 51 heavy (non-hydrogen) atoms. The number of aliphatic hydroxyl groups is 3. The highest BCUT2D eigenvalue weighted by Gasteiger charge is 2.26. The monoisotopic (exact) mass is 718 g/mol. The predicted molar refractivity (Wildman–Crippen MR) is 209 cm³/mol. The van der Waals surface area contributed by atoms with Crippen molar-refractivity contribution in [2.24, 2.45) is 0 Å². The van der Waals surface area contributed by atoms with E-state index < -0.39 is 24.8 Å². The fraction of sp³-hybridized carbons (Fsp3) is 0.512. The SMILES string of the molecule is C=C(C)C(=O)OCCCc1cc(-c2ccc(-c3ccc(C4CCC(SC)CC4)cc3)cc2CC)cc(CCCOC)c1OCCC(O)(CO)CO. The van der Waals surface area contributed by atoms with Gasteiger partial charge < -0.3 is 29.5 Å². The normalized spacial score (nSPS) is 16.2. The number of carbonyl (C=O) groups is 1. The summed E-state index contributed by atoms with van der Waals surface area (Å²) >= 11 is 2.01. The van der Waals surface area contributed by atoms with Crippen molar-refractivity contribution in [3.8, 4) is 28.0 Å². The van der Waals surface area contributed by atoms with Crippen LogP contribution in [0.2, 0.25) is 0 Å². The Hall–Kier alpha value is -3.14. The van der Waals surface area contributed by atoms with Gasteiger partial charge in [-0.3, -0.25) is 0 Å². The Bertz CT molecular complexity index is 1560. The van der Waals surface area contributed by atoms with E-state index in [-0.39, 0.29) is 19.6 Å². The lowest BCUT2D eigenvalue weighted by Crippen LogP contribution is -2.39. The van der Waals surface area contributed by atoms with Gasteiger partial charge in [-0.1, -0.05) is 56.0 Å². The lowest BCUT2D eigenvalue weighted by molar-refractivity contribution is -0.139. The third-order valence-corrected chi connectivity index (χ3v) is 11.3. The van der Waals surface area contributed by atoms with Crippen LogP contribution >= 0.6 is 11.8 Å². The smallest absolute Gasteiger partial charge is 0.333 e. The Kier molecular flexibility index (Phi) is 16.1. The highest BCUT2D eigenvalue weighted by Crippen LogP contribution is 2.39. The molecule has 0 unspecified atom stereocenters. The molecule has 0 bridgehead atoms. The van der Waals surface area contributed by atoms with Gasteiger partial charge >= 0.3 is 5.97 Å². The number of esters is 1. The van der Waals surface area contributed by atoms with E-state index in [2.05, 4.69) is 74.4 Å². The quantitative estimate of drug-likeness (QED) is 0.0612. The third kappa shape index (κ3) is 11.4. The molecule has 3 aromatic rings. The van der Waals surface area contributed by atoms with Gasteiger partial charge in [0.25, 0.3) is 0 Å². The average Bonchev–Trinajstić information content (AvgIpc) is 3.16. The van der Waals surface area contributed by atoms with Crippen molar-refractivity contribution >= 4 is 17.7 Å². The second-order valence-electron chi connectivity index (χ2n) is 13.9. The number of thioether (sulfide) groups is 1. The highest BCUT2D eigenvalue weighted by molar-refractivity contribution is 7.99. The minimum absolute atomic E-state index is 0.0660. The topological polar surface area (TPSA) is 105 Å². The Balaban J connectivity index is 1.65. The molecule has 1 aliphatic rings. The molecule has 0 heterocycles. The van der Waals surface area contributed by atoms with Gasteiger partial charge in [0.05, 0.1) is 26.4 Å². The van der Waals surface area contributed by atoms with Gasteiger partial charge in [-0.05, 0) is 134 Å². The number of rotatable bonds is 20. The molecule has 0 atom stereocenters. The number of aliphatic hydroxyl groups excluding tert-OH is 2. The van der Waals surface area contributed by atoms with Crippen LogP contribution in [0, 0.1) is 0 Å². The third-order valence-electron chi connectivity index (χ3n) is 10.1. The van der Waals surface area contributed by atoms with Crippen molar-refractivity contribution in [2.75, 3.05) is 46.4 Å². The molecule has 0 aromatic heterocycles. The van der Waals surface area contributed by atoms with Gasteiger partial charge in [-0.2, -0.15) is 11.8 Å². The van der Waals surface area contributed by atoms with Crippen molar-refractivity contribution in [1.29, 1.82) is 0 Å². The van der Waals surface area contributed by atoms with Gasteiger partial charge in [0, 0.05) is 31.0 Å². The van der Waals surface area contributed by atoms with Crippen LogP contribution in [-0.4, -0.2) is 78.5 Å². The lowest BCUT2D eigenvalue weighted by Gasteiger charge is -2.27. The van der Waals surface area contributed by atoms with Crippen molar-refractivity contribution < 1.29 is 34.3 Å². The second-order valence-corrected chi connectivity index (χ2v) is 15.1. The van der Waals surface area contributed by atoms with Crippen LogP contribution < -0.4 is 4.74 Å². The summed E-state index contributed by atoms with van der Waals surface area (Å²) in [6.45, 7) is 7.32. The number of hydrogen-bond acceptors (Lipinski definition) is 8. The van der Waals surface area contributed by atoms with Crippen molar-refractivity contribution in [1.82, 2.24) is 0 Å². The number of carbonyl (C=O) groups excluding carboxylic acids is 1. The Morgan fingerprint density at radius 1 is 0.863 bits per heavy atom. The first-order valence-electron chi connectivity index (χ1n) is 18.5. The zero-order valence-electron chi connectivity index (χ0n) is 31.0. The number of hydrogen-bond donors (Lipinski definition) is 3. The van der Waals surface area contributed by atoms with E-state index in [1.54, 1.807) is 14.0 Å². The summed E-state index contributed by atoms with van der Waals surface area (Å²) < 4.78 is 17.1. The number of methoxy groups -OCH3 is 1. The first-order chi connectivity index (χ1) is 24.6. The summed E-state index contributed by atoms with van der Waals surface area (Å²) in [5, 5.41) is 30.5. The van der Waals surface area contributed by atoms with E-state index in [1.807, 2.05) is 11.8 Å². The van der Waals surface area contributed by atoms with Crippen LogP contribution in [0.25, 0.3) is 22.3 Å². The Morgan fingerprint density at radius 2 is 1.47 bits per heavy atom. The van der Waals surface area contributed by atoms with Gasteiger partial charge in [-0.15, -0.1) is 0 Å². The van der Waals surface area contributed by atoms with Crippen molar-refractivity contribution in [3.63, 3.8) is 0 Å². The van der Waals surface area contributed by atoms with E-state index in [0.717, 1.165) is 46.1 Å². The molecule has 3 N–H and O–H groups in total. The molecular weight excluding hydrogens is 661 g/mol. The second kappa shape index (κ2) is 20.2. The molecule has 8 heteroatoms. The van der Waals surface area contributed by atoms with Gasteiger partial charge in [-0.25, -0.2) is 4.79 Å². The van der Waals surface area contributed by atoms with Crippen LogP contribution in [0.4, 0.5) is 0 Å². The zero-order valence-corrected chi connectivity index (χ0v) is 31.9. The van der Waals surface area contributed by atoms with Gasteiger partial charge in [0.2, 0.25) is 0 Å². The lowest BCUT2D eigenvalue weighted by atomic mass is 9.83. The fourth-order valence-corrected chi connectivity index (χ4v) is 7.65. The molecule has 4 rings (SSSR count). The van der Waals surface area contributed by atoms with Crippen LogP contribution in [0.3, 0.4) is 0 Å². The number of ether oxygens (including phenoxy) is 3. The molecule has 0 spiro atoms. The van der Waals surface area contributed by atoms with Crippen molar-refractivity contribution in [3.05, 3.63) is 89.0 Å². The van der Waals surface area contributed by atoms with Crippen LogP contribution in [0.5, 0.6) is 5.75 Å². The van der Waals surface area contributed by atoms with Crippen LogP contribution in [0.1, 0.15) is 87.0 Å². The number of aryl methyl sites for hydroxylation is 3. The van der Waals surface area contributed by atoms with E-state index >= 15 is 0 Å². The molecule has 1 saturated carbocycles. The summed E-state index contributed by atoms with van der Waals surface area (Å²) in [5.41, 5.74) is 8.10. The standard InChI is InChI=1S/C43H58O7S/c1-6-31-25-35(34-13-11-32(12-14-34)33-15-18-39(51-5)19-16-33)17-20-40(31)38-26-36(9-7-22-48-4)41(49-24-21-43(47,28-44)29-45)37(27-38)10-8-23-50-42(46)30(2)3/h11-14,17,20,25-27,33,39,44-45,47H,2,6-10,15-16,18-19,21-24,28-29H2,1,3-5H3.